The maximum absolute atomic E-state index is 3.03. The predicted molar refractivity (Wildman–Crippen MR) is 117 cm³/mol. The molecule has 1 nitrogen and oxygen atoms in total. The Morgan fingerprint density at radius 2 is 0.720 bits per heavy atom. The van der Waals surface area contributed by atoms with Crippen LogP contribution in [0.1, 0.15) is 138 Å². The van der Waals surface area contributed by atoms with Crippen molar-refractivity contribution in [3.8, 4) is 0 Å². The fourth-order valence-corrected chi connectivity index (χ4v) is 4.48. The molecular weight excluding hydrogens is 302 g/mol. The molecular formula is C24H51N. The van der Waals surface area contributed by atoms with E-state index in [2.05, 4.69) is 46.4 Å². The number of hydrogen-bond donors (Lipinski definition) is 0. The van der Waals surface area contributed by atoms with E-state index >= 15 is 0 Å². The molecule has 0 N–H and O–H groups in total. The van der Waals surface area contributed by atoms with E-state index in [1.807, 2.05) is 0 Å². The molecule has 152 valence electrons. The summed E-state index contributed by atoms with van der Waals surface area (Å²) in [7, 11) is 0. The van der Waals surface area contributed by atoms with Crippen molar-refractivity contribution in [2.24, 2.45) is 0 Å². The van der Waals surface area contributed by atoms with Crippen molar-refractivity contribution in [2.45, 2.75) is 156 Å². The Hall–Kier alpha value is -0.0400. The van der Waals surface area contributed by atoms with Crippen LogP contribution in [0.25, 0.3) is 0 Å². The van der Waals surface area contributed by atoms with E-state index in [9.17, 15) is 0 Å². The van der Waals surface area contributed by atoms with Crippen molar-refractivity contribution in [2.75, 3.05) is 0 Å². The maximum Gasteiger partial charge on any atom is 0.00984 e. The van der Waals surface area contributed by atoms with E-state index in [1.165, 1.54) is 96.3 Å². The third kappa shape index (κ3) is 10.6. The van der Waals surface area contributed by atoms with E-state index in [-0.39, 0.29) is 0 Å². The van der Waals surface area contributed by atoms with Crippen LogP contribution in [0.5, 0.6) is 0 Å². The highest BCUT2D eigenvalue weighted by Gasteiger charge is 2.29. The summed E-state index contributed by atoms with van der Waals surface area (Å²) in [6.45, 7) is 14.3. The normalized spacial score (nSPS) is 15.5. The Morgan fingerprint density at radius 3 is 0.920 bits per heavy atom. The molecule has 1 heteroatoms. The Labute approximate surface area is 161 Å². The average Bonchev–Trinajstić information content (AvgIpc) is 2.64. The molecule has 0 heterocycles. The van der Waals surface area contributed by atoms with Crippen molar-refractivity contribution in [3.63, 3.8) is 0 Å². The standard InChI is InChI=1S/C24H51N/c1-7-13-16-19-22(10-4)25(23(11-5)20-17-14-8-2)24(12-6)21-18-15-9-3/h22-24H,7-21H2,1-6H3. The van der Waals surface area contributed by atoms with Crippen LogP contribution < -0.4 is 0 Å². The summed E-state index contributed by atoms with van der Waals surface area (Å²) in [5.74, 6) is 0. The average molecular weight is 354 g/mol. The molecule has 0 amide bonds. The van der Waals surface area contributed by atoms with Gasteiger partial charge in [-0.15, -0.1) is 0 Å². The molecule has 0 rings (SSSR count). The van der Waals surface area contributed by atoms with Crippen LogP contribution in [0.4, 0.5) is 0 Å². The summed E-state index contributed by atoms with van der Waals surface area (Å²) < 4.78 is 0. The van der Waals surface area contributed by atoms with Crippen molar-refractivity contribution in [1.82, 2.24) is 4.90 Å². The lowest BCUT2D eigenvalue weighted by Gasteiger charge is -2.43. The first-order chi connectivity index (χ1) is 12.2. The largest absolute Gasteiger partial charge is 0.295 e. The van der Waals surface area contributed by atoms with Gasteiger partial charge in [0, 0.05) is 18.1 Å². The van der Waals surface area contributed by atoms with Gasteiger partial charge in [-0.2, -0.15) is 0 Å². The second-order valence-electron chi connectivity index (χ2n) is 8.12. The zero-order valence-corrected chi connectivity index (χ0v) is 18.8. The van der Waals surface area contributed by atoms with Gasteiger partial charge in [0.15, 0.2) is 0 Å². The Balaban J connectivity index is 5.11. The molecule has 0 fully saturated rings. The minimum Gasteiger partial charge on any atom is -0.295 e. The van der Waals surface area contributed by atoms with Crippen molar-refractivity contribution in [3.05, 3.63) is 0 Å². The summed E-state index contributed by atoms with van der Waals surface area (Å²) in [6.07, 6.45) is 20.8. The highest BCUT2D eigenvalue weighted by atomic mass is 15.2. The van der Waals surface area contributed by atoms with Gasteiger partial charge in [-0.1, -0.05) is 99.3 Å². The molecule has 0 aliphatic rings. The van der Waals surface area contributed by atoms with Crippen LogP contribution in [0, 0.1) is 0 Å². The van der Waals surface area contributed by atoms with Crippen LogP contribution in [-0.2, 0) is 0 Å². The summed E-state index contributed by atoms with van der Waals surface area (Å²) in [4.78, 5) is 3.03. The molecule has 0 radical (unpaired) electrons. The second-order valence-corrected chi connectivity index (χ2v) is 8.12. The van der Waals surface area contributed by atoms with Gasteiger partial charge in [-0.3, -0.25) is 4.90 Å². The lowest BCUT2D eigenvalue weighted by molar-refractivity contribution is 0.0511. The minimum absolute atomic E-state index is 0.810. The lowest BCUT2D eigenvalue weighted by Crippen LogP contribution is -2.49. The predicted octanol–water partition coefficient (Wildman–Crippen LogP) is 8.37. The zero-order valence-electron chi connectivity index (χ0n) is 18.8. The van der Waals surface area contributed by atoms with E-state index in [4.69, 9.17) is 0 Å². The van der Waals surface area contributed by atoms with Gasteiger partial charge in [-0.25, -0.2) is 0 Å². The second kappa shape index (κ2) is 17.4. The van der Waals surface area contributed by atoms with Gasteiger partial charge in [0.25, 0.3) is 0 Å². The fraction of sp³-hybridized carbons (Fsp3) is 1.00. The van der Waals surface area contributed by atoms with Crippen molar-refractivity contribution < 1.29 is 0 Å². The summed E-state index contributed by atoms with van der Waals surface area (Å²) in [6, 6.07) is 2.43. The maximum atomic E-state index is 3.03. The van der Waals surface area contributed by atoms with Gasteiger partial charge in [0.1, 0.15) is 0 Å². The quantitative estimate of drug-likeness (QED) is 0.224. The van der Waals surface area contributed by atoms with Crippen LogP contribution in [0.3, 0.4) is 0 Å². The van der Waals surface area contributed by atoms with Crippen LogP contribution in [0.15, 0.2) is 0 Å². The molecule has 0 saturated carbocycles. The molecule has 25 heavy (non-hydrogen) atoms. The first-order valence-corrected chi connectivity index (χ1v) is 12.0. The third-order valence-corrected chi connectivity index (χ3v) is 6.10. The highest BCUT2D eigenvalue weighted by Crippen LogP contribution is 2.28. The Bertz CT molecular complexity index is 220. The molecule has 0 aromatic rings. The molecule has 3 atom stereocenters. The first kappa shape index (κ1) is 25.0. The van der Waals surface area contributed by atoms with Crippen LogP contribution >= 0.6 is 0 Å². The fourth-order valence-electron chi connectivity index (χ4n) is 4.48. The van der Waals surface area contributed by atoms with Gasteiger partial charge in [0.05, 0.1) is 0 Å². The summed E-state index contributed by atoms with van der Waals surface area (Å²) in [5.41, 5.74) is 0. The smallest absolute Gasteiger partial charge is 0.00984 e. The van der Waals surface area contributed by atoms with Gasteiger partial charge >= 0.3 is 0 Å². The molecule has 0 aromatic heterocycles. The molecule has 3 unspecified atom stereocenters. The van der Waals surface area contributed by atoms with Crippen LogP contribution in [-0.4, -0.2) is 23.0 Å². The molecule has 0 aliphatic heterocycles. The van der Waals surface area contributed by atoms with Gasteiger partial charge in [-0.05, 0) is 38.5 Å². The highest BCUT2D eigenvalue weighted by molar-refractivity contribution is 4.84. The van der Waals surface area contributed by atoms with E-state index < -0.39 is 0 Å². The zero-order chi connectivity index (χ0) is 18.9. The molecule has 0 bridgehead atoms. The van der Waals surface area contributed by atoms with Gasteiger partial charge in [0.2, 0.25) is 0 Å². The topological polar surface area (TPSA) is 3.24 Å². The number of rotatable bonds is 18. The molecule has 0 spiro atoms. The minimum atomic E-state index is 0.810. The first-order valence-electron chi connectivity index (χ1n) is 12.0. The van der Waals surface area contributed by atoms with Gasteiger partial charge < -0.3 is 0 Å². The SMILES string of the molecule is CCCCCC(CC)N(C(CC)CCCCC)C(CC)CCCCC. The summed E-state index contributed by atoms with van der Waals surface area (Å²) in [5, 5.41) is 0. The number of hydrogen-bond acceptors (Lipinski definition) is 1. The Kier molecular flexibility index (Phi) is 17.3. The van der Waals surface area contributed by atoms with E-state index in [0.29, 0.717) is 0 Å². The van der Waals surface area contributed by atoms with E-state index in [1.54, 1.807) is 0 Å². The van der Waals surface area contributed by atoms with Crippen LogP contribution in [0.2, 0.25) is 0 Å². The van der Waals surface area contributed by atoms with E-state index in [0.717, 1.165) is 18.1 Å². The third-order valence-electron chi connectivity index (χ3n) is 6.10. The molecule has 0 aromatic carbocycles. The summed E-state index contributed by atoms with van der Waals surface area (Å²) >= 11 is 0. The Morgan fingerprint density at radius 1 is 0.440 bits per heavy atom. The number of unbranched alkanes of at least 4 members (excludes halogenated alkanes) is 6. The molecule has 0 aliphatic carbocycles. The van der Waals surface area contributed by atoms with Crippen molar-refractivity contribution >= 4 is 0 Å². The lowest BCUT2D eigenvalue weighted by atomic mass is 9.93. The monoisotopic (exact) mass is 353 g/mol. The van der Waals surface area contributed by atoms with Crippen molar-refractivity contribution in [1.29, 1.82) is 0 Å². The molecule has 0 saturated heterocycles. The number of nitrogens with zero attached hydrogens (tertiary/aromatic N) is 1.